The molecule has 3 rings (SSSR count). The third-order valence-electron chi connectivity index (χ3n) is 4.32. The first-order chi connectivity index (χ1) is 10.6. The number of thiophene rings is 1. The SMILES string of the molecule is CC1CN(CC(O)CN2CCCC2=O)CC(c2ccsc2)O1. The minimum Gasteiger partial charge on any atom is -0.390 e. The van der Waals surface area contributed by atoms with Crippen molar-refractivity contribution in [2.24, 2.45) is 0 Å². The van der Waals surface area contributed by atoms with Crippen LogP contribution in [0.5, 0.6) is 0 Å². The molecule has 1 N–H and O–H groups in total. The van der Waals surface area contributed by atoms with Crippen molar-refractivity contribution in [2.45, 2.75) is 38.1 Å². The van der Waals surface area contributed by atoms with E-state index in [1.807, 2.05) is 0 Å². The lowest BCUT2D eigenvalue weighted by molar-refractivity contribution is -0.129. The second kappa shape index (κ2) is 7.08. The van der Waals surface area contributed by atoms with Gasteiger partial charge < -0.3 is 14.7 Å². The maximum Gasteiger partial charge on any atom is 0.222 e. The first kappa shape index (κ1) is 15.9. The molecule has 2 saturated heterocycles. The Morgan fingerprint density at radius 2 is 2.32 bits per heavy atom. The zero-order valence-corrected chi connectivity index (χ0v) is 13.8. The fraction of sp³-hybridized carbons (Fsp3) is 0.688. The van der Waals surface area contributed by atoms with Crippen LogP contribution in [-0.4, -0.2) is 65.7 Å². The fourth-order valence-electron chi connectivity index (χ4n) is 3.34. The van der Waals surface area contributed by atoms with Crippen molar-refractivity contribution in [2.75, 3.05) is 32.7 Å². The highest BCUT2D eigenvalue weighted by molar-refractivity contribution is 7.07. The molecular formula is C16H24N2O3S. The van der Waals surface area contributed by atoms with Crippen LogP contribution in [0.1, 0.15) is 31.4 Å². The second-order valence-corrected chi connectivity index (χ2v) is 7.09. The lowest BCUT2D eigenvalue weighted by Gasteiger charge is -2.38. The molecule has 1 amide bonds. The number of amides is 1. The molecule has 2 fully saturated rings. The lowest BCUT2D eigenvalue weighted by Crippen LogP contribution is -2.48. The molecule has 0 radical (unpaired) electrons. The Labute approximate surface area is 135 Å². The van der Waals surface area contributed by atoms with Gasteiger partial charge >= 0.3 is 0 Å². The molecule has 122 valence electrons. The van der Waals surface area contributed by atoms with E-state index in [9.17, 15) is 9.90 Å². The van der Waals surface area contributed by atoms with E-state index >= 15 is 0 Å². The molecule has 5 nitrogen and oxygen atoms in total. The molecule has 2 aliphatic rings. The van der Waals surface area contributed by atoms with Crippen LogP contribution in [-0.2, 0) is 9.53 Å². The molecule has 3 unspecified atom stereocenters. The number of rotatable bonds is 5. The van der Waals surface area contributed by atoms with E-state index in [-0.39, 0.29) is 18.1 Å². The highest BCUT2D eigenvalue weighted by atomic mass is 32.1. The minimum atomic E-state index is -0.490. The molecule has 2 aliphatic heterocycles. The third-order valence-corrected chi connectivity index (χ3v) is 5.02. The summed E-state index contributed by atoms with van der Waals surface area (Å²) in [4.78, 5) is 15.7. The van der Waals surface area contributed by atoms with E-state index in [1.165, 1.54) is 5.56 Å². The molecule has 3 heterocycles. The molecule has 3 atom stereocenters. The molecule has 1 aromatic heterocycles. The number of morpholine rings is 1. The molecule has 1 aromatic rings. The van der Waals surface area contributed by atoms with E-state index in [1.54, 1.807) is 16.2 Å². The number of carbonyl (C=O) groups is 1. The smallest absolute Gasteiger partial charge is 0.222 e. The van der Waals surface area contributed by atoms with Crippen LogP contribution in [0.3, 0.4) is 0 Å². The Hall–Kier alpha value is -0.950. The standard InChI is InChI=1S/C16H24N2O3S/c1-12-7-17(10-15(21-12)13-4-6-22-11-13)8-14(19)9-18-5-2-3-16(18)20/h4,6,11-12,14-15,19H,2-3,5,7-10H2,1H3. The third kappa shape index (κ3) is 3.87. The van der Waals surface area contributed by atoms with E-state index in [4.69, 9.17) is 4.74 Å². The predicted molar refractivity (Wildman–Crippen MR) is 85.9 cm³/mol. The second-order valence-electron chi connectivity index (χ2n) is 6.31. The summed E-state index contributed by atoms with van der Waals surface area (Å²) >= 11 is 1.68. The number of hydrogen-bond donors (Lipinski definition) is 1. The molecular weight excluding hydrogens is 300 g/mol. The highest BCUT2D eigenvalue weighted by Crippen LogP contribution is 2.26. The maximum atomic E-state index is 11.6. The van der Waals surface area contributed by atoms with Crippen molar-refractivity contribution in [3.63, 3.8) is 0 Å². The van der Waals surface area contributed by atoms with E-state index in [2.05, 4.69) is 28.7 Å². The highest BCUT2D eigenvalue weighted by Gasteiger charge is 2.29. The maximum absolute atomic E-state index is 11.6. The number of aliphatic hydroxyl groups is 1. The van der Waals surface area contributed by atoms with E-state index < -0.39 is 6.10 Å². The quantitative estimate of drug-likeness (QED) is 0.892. The van der Waals surface area contributed by atoms with Crippen molar-refractivity contribution in [1.29, 1.82) is 0 Å². The first-order valence-corrected chi connectivity index (χ1v) is 8.92. The monoisotopic (exact) mass is 324 g/mol. The van der Waals surface area contributed by atoms with Gasteiger partial charge in [0.1, 0.15) is 0 Å². The van der Waals surface area contributed by atoms with Crippen LogP contribution in [0.4, 0.5) is 0 Å². The van der Waals surface area contributed by atoms with E-state index in [0.29, 0.717) is 19.5 Å². The minimum absolute atomic E-state index is 0.0793. The molecule has 22 heavy (non-hydrogen) atoms. The van der Waals surface area contributed by atoms with Crippen molar-refractivity contribution in [3.8, 4) is 0 Å². The number of hydrogen-bond acceptors (Lipinski definition) is 5. The molecule has 0 bridgehead atoms. The summed E-state index contributed by atoms with van der Waals surface area (Å²) in [5.74, 6) is 0.172. The van der Waals surface area contributed by atoms with Gasteiger partial charge in [-0.3, -0.25) is 9.69 Å². The summed E-state index contributed by atoms with van der Waals surface area (Å²) < 4.78 is 6.01. The lowest BCUT2D eigenvalue weighted by atomic mass is 10.1. The Kier molecular flexibility index (Phi) is 5.13. The summed E-state index contributed by atoms with van der Waals surface area (Å²) in [5.41, 5.74) is 1.21. The van der Waals surface area contributed by atoms with Gasteiger partial charge in [0.25, 0.3) is 0 Å². The summed E-state index contributed by atoms with van der Waals surface area (Å²) in [7, 11) is 0. The van der Waals surface area contributed by atoms with Gasteiger partial charge in [0.15, 0.2) is 0 Å². The van der Waals surface area contributed by atoms with Gasteiger partial charge in [-0.1, -0.05) is 0 Å². The summed E-state index contributed by atoms with van der Waals surface area (Å²) in [6.45, 7) is 5.53. The summed E-state index contributed by atoms with van der Waals surface area (Å²) in [6.07, 6.45) is 1.28. The zero-order valence-electron chi connectivity index (χ0n) is 13.0. The number of likely N-dealkylation sites (tertiary alicyclic amines) is 1. The van der Waals surface area contributed by atoms with Crippen molar-refractivity contribution < 1.29 is 14.6 Å². The average molecular weight is 324 g/mol. The molecule has 0 aliphatic carbocycles. The summed E-state index contributed by atoms with van der Waals surface area (Å²) in [5, 5.41) is 14.5. The van der Waals surface area contributed by atoms with Gasteiger partial charge in [-0.05, 0) is 35.7 Å². The van der Waals surface area contributed by atoms with Crippen molar-refractivity contribution >= 4 is 17.2 Å². The largest absolute Gasteiger partial charge is 0.390 e. The van der Waals surface area contributed by atoms with Gasteiger partial charge in [0.2, 0.25) is 5.91 Å². The van der Waals surface area contributed by atoms with Crippen LogP contribution >= 0.6 is 11.3 Å². The van der Waals surface area contributed by atoms with Crippen LogP contribution in [0, 0.1) is 0 Å². The predicted octanol–water partition coefficient (Wildman–Crippen LogP) is 1.49. The Morgan fingerprint density at radius 1 is 1.45 bits per heavy atom. The number of ether oxygens (including phenoxy) is 1. The van der Waals surface area contributed by atoms with E-state index in [0.717, 1.165) is 26.1 Å². The molecule has 6 heteroatoms. The van der Waals surface area contributed by atoms with Gasteiger partial charge in [0, 0.05) is 39.1 Å². The van der Waals surface area contributed by atoms with Gasteiger partial charge in [-0.15, -0.1) is 0 Å². The number of nitrogens with zero attached hydrogens (tertiary/aromatic N) is 2. The van der Waals surface area contributed by atoms with Crippen LogP contribution < -0.4 is 0 Å². The first-order valence-electron chi connectivity index (χ1n) is 7.97. The topological polar surface area (TPSA) is 53.0 Å². The molecule has 0 spiro atoms. The van der Waals surface area contributed by atoms with Crippen molar-refractivity contribution in [3.05, 3.63) is 22.4 Å². The van der Waals surface area contributed by atoms with Crippen molar-refractivity contribution in [1.82, 2.24) is 9.80 Å². The number of carbonyl (C=O) groups excluding carboxylic acids is 1. The van der Waals surface area contributed by atoms with Gasteiger partial charge in [0.05, 0.1) is 18.3 Å². The molecule has 0 saturated carbocycles. The zero-order chi connectivity index (χ0) is 15.5. The van der Waals surface area contributed by atoms with Crippen LogP contribution in [0.15, 0.2) is 16.8 Å². The Morgan fingerprint density at radius 3 is 3.00 bits per heavy atom. The van der Waals surface area contributed by atoms with Gasteiger partial charge in [-0.2, -0.15) is 11.3 Å². The summed E-state index contributed by atoms with van der Waals surface area (Å²) in [6, 6.07) is 2.10. The normalized spacial score (nSPS) is 28.3. The fourth-order valence-corrected chi connectivity index (χ4v) is 4.04. The Bertz CT molecular complexity index is 494. The Balaban J connectivity index is 1.53. The molecule has 0 aromatic carbocycles. The average Bonchev–Trinajstić information content (AvgIpc) is 3.11. The van der Waals surface area contributed by atoms with Crippen LogP contribution in [0.25, 0.3) is 0 Å². The van der Waals surface area contributed by atoms with Crippen LogP contribution in [0.2, 0.25) is 0 Å². The van der Waals surface area contributed by atoms with Gasteiger partial charge in [-0.25, -0.2) is 0 Å². The number of aliphatic hydroxyl groups excluding tert-OH is 1. The number of β-amino-alcohol motifs (C(OH)–C–C–N with tert-alkyl or cyclic N) is 1.